The maximum Gasteiger partial charge on any atom is 0.285 e. The highest BCUT2D eigenvalue weighted by molar-refractivity contribution is 7.91. The number of hydrogen-bond acceptors (Lipinski definition) is 15. The molecule has 0 radical (unpaired) electrons. The van der Waals surface area contributed by atoms with Gasteiger partial charge in [0, 0.05) is 45.9 Å². The first-order chi connectivity index (χ1) is 58.1. The number of carbonyl (C=O) groups excluding carboxylic acids is 13. The maximum absolute atomic E-state index is 13.0. The molecule has 0 atom stereocenters. The molecule has 10 aromatic carbocycles. The van der Waals surface area contributed by atoms with E-state index in [1.165, 1.54) is 206 Å². The zero-order chi connectivity index (χ0) is 91.6. The molecule has 2 saturated heterocycles. The van der Waals surface area contributed by atoms with Crippen molar-refractivity contribution in [2.45, 2.75) is 168 Å². The SMILES string of the molecule is CCN1C(=O)c2ccc(S(=O)(=O)c3ccc4c(c3)C(=O)N(C)C4=O)cc2C1=O.CCc1cc(C)c(C)c(C)c1.CN1C(=O)c2ccc(C(=O)c3ccc4c(c3)C(=O)N(C)C4=O)cc2C1=O.Cc1cc(C)c(N2C(=O)C3(C(=O)N(C)C3=O)C2=O)c(C)c1.Cc1cc(Cc2cc(C)c(C)c(C)c2)cc(C)c1C.Cc1cc(Cc2cc(C)c(C)c(C)c2)cc(C)c1C. The quantitative estimate of drug-likeness (QED) is 0.0504. The minimum Gasteiger partial charge on any atom is -0.289 e. The molecule has 2 fully saturated rings. The van der Waals surface area contributed by atoms with Gasteiger partial charge in [0.2, 0.25) is 9.84 Å². The van der Waals surface area contributed by atoms with Gasteiger partial charge in [0.05, 0.1) is 60.0 Å². The third-order valence-corrected chi connectivity index (χ3v) is 26.7. The van der Waals surface area contributed by atoms with Crippen molar-refractivity contribution < 1.29 is 70.7 Å². The van der Waals surface area contributed by atoms with Crippen molar-refractivity contribution in [2.24, 2.45) is 5.41 Å². The predicted molar refractivity (Wildman–Crippen MR) is 477 cm³/mol. The van der Waals surface area contributed by atoms with E-state index in [0.29, 0.717) is 5.69 Å². The molecule has 10 aromatic rings. The van der Waals surface area contributed by atoms with Gasteiger partial charge < -0.3 is 0 Å². The maximum atomic E-state index is 13.0. The van der Waals surface area contributed by atoms with Crippen LogP contribution < -0.4 is 4.90 Å². The van der Waals surface area contributed by atoms with Crippen molar-refractivity contribution in [3.63, 3.8) is 0 Å². The van der Waals surface area contributed by atoms with Gasteiger partial charge in [-0.3, -0.25) is 86.8 Å². The number of anilines is 1. The zero-order valence-corrected chi connectivity index (χ0v) is 75.7. The van der Waals surface area contributed by atoms with E-state index >= 15 is 0 Å². The van der Waals surface area contributed by atoms with Crippen LogP contribution in [0.25, 0.3) is 0 Å². The molecule has 1 spiro atoms. The Bertz CT molecular complexity index is 6000. The fourth-order valence-electron chi connectivity index (χ4n) is 16.4. The molecule has 124 heavy (non-hydrogen) atoms. The van der Waals surface area contributed by atoms with Gasteiger partial charge in [0.25, 0.3) is 76.3 Å². The van der Waals surface area contributed by atoms with Crippen molar-refractivity contribution >= 4 is 92.2 Å². The Balaban J connectivity index is 0.000000147. The molecular weight excluding hydrogens is 1580 g/mol. The molecule has 0 unspecified atom stereocenters. The van der Waals surface area contributed by atoms with Crippen LogP contribution >= 0.6 is 0 Å². The lowest BCUT2D eigenvalue weighted by molar-refractivity contribution is -0.184. The van der Waals surface area contributed by atoms with Gasteiger partial charge in [0.1, 0.15) is 0 Å². The summed E-state index contributed by atoms with van der Waals surface area (Å²) in [4.78, 5) is 163. The topological polar surface area (TPSA) is 275 Å². The number of amides is 12. The Morgan fingerprint density at radius 2 is 0.548 bits per heavy atom. The van der Waals surface area contributed by atoms with Crippen LogP contribution in [-0.2, 0) is 48.3 Å². The third kappa shape index (κ3) is 16.7. The number of sulfone groups is 1. The first kappa shape index (κ1) is 91.4. The van der Waals surface area contributed by atoms with Crippen molar-refractivity contribution in [2.75, 3.05) is 39.6 Å². The normalized spacial score (nSPS) is 14.5. The van der Waals surface area contributed by atoms with Crippen LogP contribution in [0.2, 0.25) is 0 Å². The van der Waals surface area contributed by atoms with Crippen LogP contribution in [0.5, 0.6) is 0 Å². The summed E-state index contributed by atoms with van der Waals surface area (Å²) in [5.74, 6) is -7.18. The van der Waals surface area contributed by atoms with E-state index in [4.69, 9.17) is 0 Å². The molecule has 0 bridgehead atoms. The highest BCUT2D eigenvalue weighted by Gasteiger charge is 2.80. The average molecular weight is 1690 g/mol. The number of rotatable bonds is 11. The molecule has 0 saturated carbocycles. The summed E-state index contributed by atoms with van der Waals surface area (Å²) in [5.41, 5.74) is 30.8. The average Bonchev–Trinajstić information content (AvgIpc) is 0.808. The Morgan fingerprint density at radius 1 is 0.290 bits per heavy atom. The lowest BCUT2D eigenvalue weighted by Gasteiger charge is -2.51. The monoisotopic (exact) mass is 1680 g/mol. The summed E-state index contributed by atoms with van der Waals surface area (Å²) < 4.78 is 26.0. The van der Waals surface area contributed by atoms with Crippen LogP contribution in [0.4, 0.5) is 5.69 Å². The summed E-state index contributed by atoms with van der Waals surface area (Å²) in [6.07, 6.45) is 3.20. The third-order valence-electron chi connectivity index (χ3n) is 25.0. The number of imide groups is 6. The number of benzene rings is 10. The molecule has 638 valence electrons. The second kappa shape index (κ2) is 35.2. The molecule has 0 aromatic heterocycles. The molecule has 16 rings (SSSR count). The van der Waals surface area contributed by atoms with Crippen LogP contribution in [-0.4, -0.2) is 144 Å². The highest BCUT2D eigenvalue weighted by Crippen LogP contribution is 2.48. The van der Waals surface area contributed by atoms with Gasteiger partial charge in [0.15, 0.2) is 5.78 Å². The number of carbonyl (C=O) groups is 13. The van der Waals surface area contributed by atoms with Gasteiger partial charge in [-0.05, 0) is 334 Å². The van der Waals surface area contributed by atoms with Crippen LogP contribution in [0.15, 0.2) is 155 Å². The molecule has 6 heterocycles. The van der Waals surface area contributed by atoms with Crippen LogP contribution in [0.1, 0.15) is 241 Å². The van der Waals surface area contributed by atoms with E-state index in [0.717, 1.165) is 71.4 Å². The number of likely N-dealkylation sites (tertiary alicyclic amines) is 1. The Labute approximate surface area is 725 Å². The Kier molecular flexibility index (Phi) is 26.0. The minimum atomic E-state index is -4.07. The minimum absolute atomic E-state index is 0.0122. The fourth-order valence-corrected chi connectivity index (χ4v) is 17.8. The standard InChI is InChI=1S/C19H14N2O6S.C19H12N2O5.2C19H24.C15H14N2O4.C11H16/c1-3-21-18(24)13-7-5-11(9-15(13)19(21)25)28(26,27)10-4-6-12-14(8-10)17(23)20(2)16(12)22;1-20-16(23)11-5-3-9(7-13(11)18(20)25)15(22)10-4-6-12-14(8-10)19(26)21(2)17(12)24;2*1-12-7-18(8-13(2)16(12)5)11-19-9-14(3)17(6)15(4)10-19;1-7-5-8(2)10(9(3)6-7)17-13(20)15(14(17)21)11(18)16(4)12(15)19;1-5-11-6-8(2)10(4)9(3)7-11/h4-9H,3H2,1-2H3;3-8H,1-2H3;2*7-10H,11H2,1-6H3;5-6H,1-4H3;6-7H,5H2,1-4H3. The van der Waals surface area contributed by atoms with E-state index in [9.17, 15) is 70.7 Å². The lowest BCUT2D eigenvalue weighted by Crippen LogP contribution is -2.83. The van der Waals surface area contributed by atoms with Gasteiger partial charge in [-0.15, -0.1) is 0 Å². The van der Waals surface area contributed by atoms with Gasteiger partial charge in [-0.25, -0.2) is 13.3 Å². The predicted octanol–water partition coefficient (Wildman–Crippen LogP) is 16.6. The van der Waals surface area contributed by atoms with Crippen LogP contribution in [0.3, 0.4) is 0 Å². The number of aryl methyl sites for hydroxylation is 14. The van der Waals surface area contributed by atoms with E-state index in [2.05, 4.69) is 171 Å². The number of hydrogen-bond donors (Lipinski definition) is 0. The Hall–Kier alpha value is -13.3. The number of fused-ring (bicyclic) bond motifs is 4. The van der Waals surface area contributed by atoms with Gasteiger partial charge in [-0.1, -0.05) is 97.4 Å². The van der Waals surface area contributed by atoms with Gasteiger partial charge >= 0.3 is 0 Å². The number of ketones is 1. The molecule has 12 amide bonds. The molecule has 0 aliphatic carbocycles. The van der Waals surface area contributed by atoms with Crippen LogP contribution in [0, 0.1) is 130 Å². The molecule has 6 aliphatic heterocycles. The van der Waals surface area contributed by atoms with Gasteiger partial charge in [-0.2, -0.15) is 0 Å². The lowest BCUT2D eigenvalue weighted by atomic mass is 9.68. The van der Waals surface area contributed by atoms with Crippen molar-refractivity contribution in [1.82, 2.24) is 24.5 Å². The molecular formula is C102H104N6O15S. The summed E-state index contributed by atoms with van der Waals surface area (Å²) in [5, 5.41) is 0. The zero-order valence-electron chi connectivity index (χ0n) is 74.9. The summed E-state index contributed by atoms with van der Waals surface area (Å²) in [6, 6.07) is 42.9. The van der Waals surface area contributed by atoms with E-state index in [1.54, 1.807) is 20.8 Å². The summed E-state index contributed by atoms with van der Waals surface area (Å²) in [7, 11) is 1.28. The second-order valence-corrected chi connectivity index (χ2v) is 35.2. The smallest absolute Gasteiger partial charge is 0.285 e. The summed E-state index contributed by atoms with van der Waals surface area (Å²) >= 11 is 0. The first-order valence-electron chi connectivity index (χ1n) is 41.0. The molecule has 21 nitrogen and oxygen atoms in total. The highest BCUT2D eigenvalue weighted by atomic mass is 32.2. The second-order valence-electron chi connectivity index (χ2n) is 33.2. The van der Waals surface area contributed by atoms with E-state index < -0.39 is 91.9 Å². The Morgan fingerprint density at radius 3 is 0.847 bits per heavy atom. The van der Waals surface area contributed by atoms with Crippen molar-refractivity contribution in [1.29, 1.82) is 0 Å². The van der Waals surface area contributed by atoms with Crippen molar-refractivity contribution in [3.8, 4) is 0 Å². The summed E-state index contributed by atoms with van der Waals surface area (Å²) in [6.45, 7) is 42.5. The number of β-lactam (4-membered cyclic amide) rings is 4. The van der Waals surface area contributed by atoms with E-state index in [-0.39, 0.29) is 72.0 Å². The molecule has 6 aliphatic rings. The van der Waals surface area contributed by atoms with Crippen molar-refractivity contribution in [3.05, 3.63) is 329 Å². The fraction of sp³-hybridized carbons (Fsp3) is 0.284. The number of nitrogens with zero attached hydrogens (tertiary/aromatic N) is 6. The molecule has 22 heteroatoms. The first-order valence-corrected chi connectivity index (χ1v) is 42.5. The largest absolute Gasteiger partial charge is 0.289 e. The van der Waals surface area contributed by atoms with E-state index in [1.807, 2.05) is 19.1 Å². The molecule has 0 N–H and O–H groups in total.